The van der Waals surface area contributed by atoms with E-state index in [4.69, 9.17) is 37.7 Å². The number of hydrogen-bond donors (Lipinski definition) is 4. The van der Waals surface area contributed by atoms with Crippen LogP contribution in [0, 0.1) is 5.82 Å². The molecule has 1 aromatic carbocycles. The van der Waals surface area contributed by atoms with Crippen molar-refractivity contribution in [2.75, 3.05) is 11.6 Å². The van der Waals surface area contributed by atoms with Crippen LogP contribution >= 0.6 is 30.8 Å². The van der Waals surface area contributed by atoms with Gasteiger partial charge in [-0.15, -0.1) is 0 Å². The highest BCUT2D eigenvalue weighted by Gasteiger charge is 2.22. The maximum absolute atomic E-state index is 14.3. The van der Waals surface area contributed by atoms with Crippen LogP contribution in [0.2, 0.25) is 10.2 Å². The van der Waals surface area contributed by atoms with Gasteiger partial charge < -0.3 is 24.9 Å². The summed E-state index contributed by atoms with van der Waals surface area (Å²) in [6.07, 6.45) is -0.846. The van der Waals surface area contributed by atoms with Crippen LogP contribution in [0.25, 0.3) is 0 Å². The van der Waals surface area contributed by atoms with Gasteiger partial charge in [0.2, 0.25) is 0 Å². The summed E-state index contributed by atoms with van der Waals surface area (Å²) in [5.74, 6) is -1.98. The van der Waals surface area contributed by atoms with E-state index < -0.39 is 30.5 Å². The average molecular weight is 425 g/mol. The van der Waals surface area contributed by atoms with Crippen molar-refractivity contribution >= 4 is 36.6 Å². The summed E-state index contributed by atoms with van der Waals surface area (Å²) in [6.45, 7) is 3.90. The van der Waals surface area contributed by atoms with E-state index in [1.807, 2.05) is 13.8 Å². The Kier molecular flexibility index (Phi) is 6.37. The molecular weight excluding hydrogens is 409 g/mol. The first kappa shape index (κ1) is 20.7. The number of nitrogens with one attached hydrogen (secondary N) is 1. The van der Waals surface area contributed by atoms with Crippen LogP contribution in [0.5, 0.6) is 17.2 Å². The number of hydrogen-bond acceptors (Lipinski definition) is 5. The van der Waals surface area contributed by atoms with Crippen molar-refractivity contribution < 1.29 is 28.6 Å². The third kappa shape index (κ3) is 4.99. The standard InChI is InChI=1S/C15H16Cl2FN2O5P/c1-7(2)8-3-4-10(9(21)5-8)25-13-11(16)12(18)15(20-14(13)17)19-6-26(22,23)24/h3-5,7,21H,6H2,1-2H3,(H,19,20)(H2,22,23,24). The first-order valence-electron chi connectivity index (χ1n) is 7.33. The minimum Gasteiger partial charge on any atom is -0.504 e. The molecule has 0 saturated carbocycles. The molecule has 4 N–H and O–H groups in total. The molecule has 0 radical (unpaired) electrons. The number of rotatable bonds is 6. The molecule has 0 unspecified atom stereocenters. The smallest absolute Gasteiger partial charge is 0.344 e. The van der Waals surface area contributed by atoms with Crippen molar-refractivity contribution in [1.82, 2.24) is 4.98 Å². The van der Waals surface area contributed by atoms with E-state index >= 15 is 0 Å². The number of phenols is 1. The molecule has 1 aromatic heterocycles. The molecule has 2 aromatic rings. The third-order valence-electron chi connectivity index (χ3n) is 3.31. The van der Waals surface area contributed by atoms with E-state index in [-0.39, 0.29) is 28.3 Å². The summed E-state index contributed by atoms with van der Waals surface area (Å²) >= 11 is 11.8. The zero-order valence-electron chi connectivity index (χ0n) is 13.7. The summed E-state index contributed by atoms with van der Waals surface area (Å²) in [4.78, 5) is 21.3. The van der Waals surface area contributed by atoms with E-state index in [1.165, 1.54) is 12.1 Å². The fraction of sp³-hybridized carbons (Fsp3) is 0.267. The number of pyridine rings is 1. The molecule has 1 heterocycles. The number of nitrogens with zero attached hydrogens (tertiary/aromatic N) is 1. The first-order chi connectivity index (χ1) is 12.0. The van der Waals surface area contributed by atoms with Gasteiger partial charge in [0.1, 0.15) is 11.3 Å². The molecule has 0 aliphatic heterocycles. The summed E-state index contributed by atoms with van der Waals surface area (Å²) in [7, 11) is -4.44. The number of benzene rings is 1. The SMILES string of the molecule is CC(C)c1ccc(Oc2c(Cl)nc(NCP(=O)(O)O)c(F)c2Cl)c(O)c1. The van der Waals surface area contributed by atoms with Gasteiger partial charge in [0.25, 0.3) is 0 Å². The average Bonchev–Trinajstić information content (AvgIpc) is 2.53. The fourth-order valence-corrected chi connectivity index (χ4v) is 2.80. The van der Waals surface area contributed by atoms with Crippen LogP contribution < -0.4 is 10.1 Å². The highest BCUT2D eigenvalue weighted by Crippen LogP contribution is 2.42. The Balaban J connectivity index is 2.33. The normalized spacial score (nSPS) is 11.7. The molecule has 7 nitrogen and oxygen atoms in total. The Morgan fingerprint density at radius 3 is 2.54 bits per heavy atom. The summed E-state index contributed by atoms with van der Waals surface area (Å²) in [5, 5.41) is 11.3. The van der Waals surface area contributed by atoms with Crippen molar-refractivity contribution in [3.05, 3.63) is 39.8 Å². The van der Waals surface area contributed by atoms with E-state index in [9.17, 15) is 14.1 Å². The zero-order chi connectivity index (χ0) is 19.6. The number of halogens is 3. The van der Waals surface area contributed by atoms with Gasteiger partial charge >= 0.3 is 7.60 Å². The molecule has 142 valence electrons. The maximum Gasteiger partial charge on any atom is 0.344 e. The van der Waals surface area contributed by atoms with Gasteiger partial charge in [-0.05, 0) is 23.6 Å². The number of phenolic OH excluding ortho intramolecular Hbond substituents is 1. The quantitative estimate of drug-likeness (QED) is 0.392. The van der Waals surface area contributed by atoms with Gasteiger partial charge in [0, 0.05) is 0 Å². The van der Waals surface area contributed by atoms with Gasteiger partial charge in [-0.2, -0.15) is 0 Å². The second kappa shape index (κ2) is 7.98. The fourth-order valence-electron chi connectivity index (χ4n) is 1.96. The van der Waals surface area contributed by atoms with Crippen LogP contribution in [0.1, 0.15) is 25.3 Å². The Morgan fingerprint density at radius 2 is 2.00 bits per heavy atom. The monoisotopic (exact) mass is 424 g/mol. The van der Waals surface area contributed by atoms with Crippen LogP contribution in [0.15, 0.2) is 18.2 Å². The van der Waals surface area contributed by atoms with Crippen molar-refractivity contribution in [3.63, 3.8) is 0 Å². The summed E-state index contributed by atoms with van der Waals surface area (Å²) in [6, 6.07) is 4.71. The minimum absolute atomic E-state index is 0.00433. The number of ether oxygens (including phenoxy) is 1. The van der Waals surface area contributed by atoms with Crippen molar-refractivity contribution in [1.29, 1.82) is 0 Å². The number of aromatic nitrogens is 1. The van der Waals surface area contributed by atoms with Crippen molar-refractivity contribution in [2.24, 2.45) is 0 Å². The second-order valence-corrected chi connectivity index (χ2v) is 8.07. The minimum atomic E-state index is -4.44. The highest BCUT2D eigenvalue weighted by molar-refractivity contribution is 7.51. The lowest BCUT2D eigenvalue weighted by molar-refractivity contribution is 0.375. The largest absolute Gasteiger partial charge is 0.504 e. The molecule has 0 amide bonds. The molecule has 0 bridgehead atoms. The van der Waals surface area contributed by atoms with E-state index in [0.29, 0.717) is 0 Å². The molecule has 0 fully saturated rings. The predicted octanol–water partition coefficient (Wildman–Crippen LogP) is 4.70. The summed E-state index contributed by atoms with van der Waals surface area (Å²) in [5.41, 5.74) is 0.869. The van der Waals surface area contributed by atoms with E-state index in [0.717, 1.165) is 5.56 Å². The van der Waals surface area contributed by atoms with Gasteiger partial charge in [-0.3, -0.25) is 4.57 Å². The number of aromatic hydroxyl groups is 1. The summed E-state index contributed by atoms with van der Waals surface area (Å²) < 4.78 is 30.5. The van der Waals surface area contributed by atoms with Crippen LogP contribution in [-0.4, -0.2) is 26.2 Å². The molecule has 0 saturated heterocycles. The van der Waals surface area contributed by atoms with Crippen molar-refractivity contribution in [3.8, 4) is 17.2 Å². The van der Waals surface area contributed by atoms with Crippen LogP contribution in [-0.2, 0) is 4.57 Å². The van der Waals surface area contributed by atoms with Gasteiger partial charge in [-0.25, -0.2) is 9.37 Å². The lowest BCUT2D eigenvalue weighted by Crippen LogP contribution is -2.07. The molecule has 11 heteroatoms. The zero-order valence-corrected chi connectivity index (χ0v) is 16.1. The number of anilines is 1. The highest BCUT2D eigenvalue weighted by atomic mass is 35.5. The maximum atomic E-state index is 14.3. The van der Waals surface area contributed by atoms with E-state index in [1.54, 1.807) is 6.07 Å². The molecule has 0 spiro atoms. The lowest BCUT2D eigenvalue weighted by Gasteiger charge is -2.15. The lowest BCUT2D eigenvalue weighted by atomic mass is 10.0. The van der Waals surface area contributed by atoms with Crippen LogP contribution in [0.3, 0.4) is 0 Å². The van der Waals surface area contributed by atoms with Gasteiger partial charge in [0.15, 0.2) is 34.0 Å². The molecule has 26 heavy (non-hydrogen) atoms. The third-order valence-corrected chi connectivity index (χ3v) is 4.48. The molecule has 0 aliphatic rings. The first-order valence-corrected chi connectivity index (χ1v) is 9.88. The van der Waals surface area contributed by atoms with Gasteiger partial charge in [-0.1, -0.05) is 43.1 Å². The molecular formula is C15H16Cl2FN2O5P. The predicted molar refractivity (Wildman–Crippen MR) is 97.0 cm³/mol. The van der Waals surface area contributed by atoms with Gasteiger partial charge in [0.05, 0.1) is 0 Å². The molecule has 0 aliphatic carbocycles. The molecule has 2 rings (SSSR count). The van der Waals surface area contributed by atoms with Crippen LogP contribution in [0.4, 0.5) is 10.2 Å². The van der Waals surface area contributed by atoms with Crippen molar-refractivity contribution in [2.45, 2.75) is 19.8 Å². The molecule has 0 atom stereocenters. The Hall–Kier alpha value is -1.57. The Bertz CT molecular complexity index is 876. The topological polar surface area (TPSA) is 112 Å². The Labute approximate surface area is 158 Å². The van der Waals surface area contributed by atoms with E-state index in [2.05, 4.69) is 10.3 Å². The Morgan fingerprint density at radius 1 is 1.35 bits per heavy atom. The second-order valence-electron chi connectivity index (χ2n) is 5.69.